The first kappa shape index (κ1) is 16.3. The van der Waals surface area contributed by atoms with Crippen LogP contribution >= 0.6 is 11.3 Å². The van der Waals surface area contributed by atoms with Gasteiger partial charge < -0.3 is 10.3 Å². The fourth-order valence-corrected chi connectivity index (χ4v) is 2.16. The molecule has 2 aromatic rings. The highest BCUT2D eigenvalue weighted by atomic mass is 32.1. The molecule has 0 saturated carbocycles. The highest BCUT2D eigenvalue weighted by Crippen LogP contribution is 2.45. The minimum atomic E-state index is -5.78. The number of halogens is 5. The van der Waals surface area contributed by atoms with Crippen LogP contribution in [0.5, 0.6) is 0 Å². The third-order valence-electron chi connectivity index (χ3n) is 2.56. The Kier molecular flexibility index (Phi) is 4.13. The van der Waals surface area contributed by atoms with E-state index in [0.717, 1.165) is 0 Å². The smallest absolute Gasteiger partial charge is 0.348 e. The number of nitrogens with zero attached hydrogens (tertiary/aromatic N) is 3. The van der Waals surface area contributed by atoms with E-state index in [2.05, 4.69) is 25.5 Å². The average Bonchev–Trinajstić information content (AvgIpc) is 2.98. The molecule has 0 aliphatic heterocycles. The van der Waals surface area contributed by atoms with Crippen molar-refractivity contribution in [1.82, 2.24) is 20.2 Å². The second-order valence-corrected chi connectivity index (χ2v) is 5.16. The highest BCUT2D eigenvalue weighted by molar-refractivity contribution is 7.15. The lowest BCUT2D eigenvalue weighted by Crippen LogP contribution is -2.33. The number of hydrogen-bond donors (Lipinski definition) is 2. The Bertz CT molecular complexity index is 679. The second kappa shape index (κ2) is 5.59. The topological polar surface area (TPSA) is 83.6 Å². The Morgan fingerprint density at radius 1 is 1.32 bits per heavy atom. The maximum absolute atomic E-state index is 13.0. The van der Waals surface area contributed by atoms with E-state index in [9.17, 15) is 26.7 Å². The van der Waals surface area contributed by atoms with Crippen molar-refractivity contribution in [1.29, 1.82) is 0 Å². The number of carbonyl (C=O) groups is 1. The highest BCUT2D eigenvalue weighted by Gasteiger charge is 2.61. The zero-order chi connectivity index (χ0) is 16.5. The summed E-state index contributed by atoms with van der Waals surface area (Å²) in [5.41, 5.74) is 1.06. The Labute approximate surface area is 123 Å². The number of imidazole rings is 1. The maximum Gasteiger partial charge on any atom is 0.460 e. The van der Waals surface area contributed by atoms with Gasteiger partial charge in [0.25, 0.3) is 0 Å². The van der Waals surface area contributed by atoms with Gasteiger partial charge in [-0.2, -0.15) is 22.0 Å². The van der Waals surface area contributed by atoms with E-state index in [-0.39, 0.29) is 17.8 Å². The number of hydrogen-bond acceptors (Lipinski definition) is 5. The number of rotatable bonds is 4. The summed E-state index contributed by atoms with van der Waals surface area (Å²) in [6, 6.07) is 0. The number of aryl methyl sites for hydroxylation is 1. The number of H-pyrrole nitrogens is 1. The molecule has 2 N–H and O–H groups in total. The second-order valence-electron chi connectivity index (χ2n) is 4.18. The zero-order valence-corrected chi connectivity index (χ0v) is 11.6. The van der Waals surface area contributed by atoms with Crippen LogP contribution in [0.3, 0.4) is 0 Å². The third-order valence-corrected chi connectivity index (χ3v) is 3.47. The van der Waals surface area contributed by atoms with Crippen molar-refractivity contribution in [3.05, 3.63) is 22.7 Å². The van der Waals surface area contributed by atoms with E-state index in [1.54, 1.807) is 6.92 Å². The van der Waals surface area contributed by atoms with Gasteiger partial charge in [0.2, 0.25) is 11.0 Å². The number of aromatic nitrogens is 4. The van der Waals surface area contributed by atoms with E-state index in [1.165, 1.54) is 6.33 Å². The molecule has 120 valence electrons. The monoisotopic (exact) mass is 341 g/mol. The first-order chi connectivity index (χ1) is 10.1. The molecule has 22 heavy (non-hydrogen) atoms. The van der Waals surface area contributed by atoms with Crippen LogP contribution in [0.1, 0.15) is 16.4 Å². The quantitative estimate of drug-likeness (QED) is 0.837. The van der Waals surface area contributed by atoms with Crippen LogP contribution in [0, 0.1) is 6.92 Å². The molecule has 2 aromatic heterocycles. The molecule has 2 heterocycles. The standard InChI is InChI=1S/C10H8F5N5OS/c1-4-5(17-3-16-4)2-6(21)18-8-20-19-7(22-8)9(11,12)10(13,14)15/h3H,2H2,1H3,(H,16,17)(H,18,20,21). The lowest BCUT2D eigenvalue weighted by molar-refractivity contribution is -0.289. The van der Waals surface area contributed by atoms with Crippen molar-refractivity contribution in [3.63, 3.8) is 0 Å². The zero-order valence-electron chi connectivity index (χ0n) is 10.8. The summed E-state index contributed by atoms with van der Waals surface area (Å²) in [7, 11) is 0. The summed E-state index contributed by atoms with van der Waals surface area (Å²) >= 11 is -0.0405. The molecule has 0 aliphatic rings. The van der Waals surface area contributed by atoms with Crippen molar-refractivity contribution < 1.29 is 26.7 Å². The van der Waals surface area contributed by atoms with Crippen LogP contribution in [0.4, 0.5) is 27.1 Å². The van der Waals surface area contributed by atoms with Crippen LogP contribution in [-0.4, -0.2) is 32.2 Å². The molecule has 2 rings (SSSR count). The van der Waals surface area contributed by atoms with Gasteiger partial charge in [0, 0.05) is 5.69 Å². The lowest BCUT2D eigenvalue weighted by atomic mass is 10.2. The molecular formula is C10H8F5N5OS. The van der Waals surface area contributed by atoms with Crippen LogP contribution in [0.25, 0.3) is 0 Å². The maximum atomic E-state index is 13.0. The van der Waals surface area contributed by atoms with E-state index < -0.39 is 28.1 Å². The van der Waals surface area contributed by atoms with Crippen LogP contribution in [0.15, 0.2) is 6.33 Å². The molecule has 0 fully saturated rings. The normalized spacial score (nSPS) is 12.5. The molecule has 0 atom stereocenters. The third kappa shape index (κ3) is 3.21. The molecule has 12 heteroatoms. The summed E-state index contributed by atoms with van der Waals surface area (Å²) in [5, 5.41) is 6.02. The average molecular weight is 341 g/mol. The predicted octanol–water partition coefficient (Wildman–Crippen LogP) is 2.40. The molecule has 0 saturated heterocycles. The largest absolute Gasteiger partial charge is 0.460 e. The summed E-state index contributed by atoms with van der Waals surface area (Å²) in [4.78, 5) is 18.2. The molecule has 0 unspecified atom stereocenters. The van der Waals surface area contributed by atoms with Gasteiger partial charge in [0.15, 0.2) is 5.01 Å². The van der Waals surface area contributed by atoms with Crippen molar-refractivity contribution >= 4 is 22.4 Å². The first-order valence-electron chi connectivity index (χ1n) is 5.68. The Morgan fingerprint density at radius 2 is 2.00 bits per heavy atom. The molecule has 1 amide bonds. The summed E-state index contributed by atoms with van der Waals surface area (Å²) in [6.45, 7) is 1.67. The van der Waals surface area contributed by atoms with Crippen LogP contribution in [-0.2, 0) is 17.1 Å². The number of amides is 1. The van der Waals surface area contributed by atoms with Gasteiger partial charge in [0.05, 0.1) is 18.4 Å². The molecule has 0 bridgehead atoms. The summed E-state index contributed by atoms with van der Waals surface area (Å²) < 4.78 is 62.6. The van der Waals surface area contributed by atoms with E-state index in [0.29, 0.717) is 11.4 Å². The van der Waals surface area contributed by atoms with E-state index >= 15 is 0 Å². The lowest BCUT2D eigenvalue weighted by Gasteiger charge is -2.15. The van der Waals surface area contributed by atoms with E-state index in [1.807, 2.05) is 0 Å². The number of nitrogens with one attached hydrogen (secondary N) is 2. The van der Waals surface area contributed by atoms with Gasteiger partial charge in [-0.1, -0.05) is 11.3 Å². The molecule has 0 radical (unpaired) electrons. The van der Waals surface area contributed by atoms with Crippen molar-refractivity contribution in [2.24, 2.45) is 0 Å². The van der Waals surface area contributed by atoms with Gasteiger partial charge in [0.1, 0.15) is 0 Å². The van der Waals surface area contributed by atoms with Crippen molar-refractivity contribution in [2.75, 3.05) is 5.32 Å². The number of anilines is 1. The number of carbonyl (C=O) groups excluding carboxylic acids is 1. The Balaban J connectivity index is 2.06. The van der Waals surface area contributed by atoms with Gasteiger partial charge in [-0.15, -0.1) is 10.2 Å². The Hall–Kier alpha value is -2.11. The first-order valence-corrected chi connectivity index (χ1v) is 6.50. The van der Waals surface area contributed by atoms with Gasteiger partial charge in [-0.3, -0.25) is 4.79 Å². The van der Waals surface area contributed by atoms with Crippen LogP contribution < -0.4 is 5.32 Å². The molecule has 6 nitrogen and oxygen atoms in total. The van der Waals surface area contributed by atoms with Crippen molar-refractivity contribution in [3.8, 4) is 0 Å². The minimum absolute atomic E-state index is 0.0405. The molecule has 0 aliphatic carbocycles. The van der Waals surface area contributed by atoms with Crippen molar-refractivity contribution in [2.45, 2.75) is 25.4 Å². The van der Waals surface area contributed by atoms with Gasteiger partial charge in [-0.05, 0) is 6.92 Å². The Morgan fingerprint density at radius 3 is 2.55 bits per heavy atom. The minimum Gasteiger partial charge on any atom is -0.348 e. The fraction of sp³-hybridized carbons (Fsp3) is 0.400. The molecule has 0 aromatic carbocycles. The van der Waals surface area contributed by atoms with Crippen LogP contribution in [0.2, 0.25) is 0 Å². The molecular weight excluding hydrogens is 333 g/mol. The van der Waals surface area contributed by atoms with Gasteiger partial charge in [-0.25, -0.2) is 4.98 Å². The predicted molar refractivity (Wildman–Crippen MR) is 65.5 cm³/mol. The number of alkyl halides is 5. The number of aromatic amines is 1. The molecule has 0 spiro atoms. The summed E-state index contributed by atoms with van der Waals surface area (Å²) in [6.07, 6.45) is -4.59. The SMILES string of the molecule is Cc1[nH]cnc1CC(=O)Nc1nnc(C(F)(F)C(F)(F)F)s1. The van der Waals surface area contributed by atoms with Gasteiger partial charge >= 0.3 is 12.1 Å². The summed E-state index contributed by atoms with van der Waals surface area (Å²) in [5.74, 6) is -5.78. The fourth-order valence-electron chi connectivity index (χ4n) is 1.40. The van der Waals surface area contributed by atoms with E-state index in [4.69, 9.17) is 0 Å².